The first kappa shape index (κ1) is 11.6. The van der Waals surface area contributed by atoms with Gasteiger partial charge in [-0.3, -0.25) is 0 Å². The first-order chi connectivity index (χ1) is 6.02. The predicted octanol–water partition coefficient (Wildman–Crippen LogP) is -0.360. The standard InChI is InChI=1S/C8H12O5/c1-5(9)6(8(11)13-3)4-7(10)12-2/h4-5,9H,1-3H3/b6-4-. The summed E-state index contributed by atoms with van der Waals surface area (Å²) < 4.78 is 8.64. The molecule has 0 fully saturated rings. The lowest BCUT2D eigenvalue weighted by atomic mass is 10.1. The van der Waals surface area contributed by atoms with E-state index in [1.54, 1.807) is 0 Å². The molecule has 1 atom stereocenters. The number of aliphatic hydroxyl groups excluding tert-OH is 1. The Morgan fingerprint density at radius 2 is 1.85 bits per heavy atom. The van der Waals surface area contributed by atoms with E-state index in [0.717, 1.165) is 13.2 Å². The Morgan fingerprint density at radius 3 is 2.15 bits per heavy atom. The molecular weight excluding hydrogens is 176 g/mol. The molecule has 13 heavy (non-hydrogen) atoms. The van der Waals surface area contributed by atoms with Crippen LogP contribution in [0.1, 0.15) is 6.92 Å². The average molecular weight is 188 g/mol. The topological polar surface area (TPSA) is 72.8 Å². The van der Waals surface area contributed by atoms with E-state index in [9.17, 15) is 9.59 Å². The van der Waals surface area contributed by atoms with Crippen molar-refractivity contribution in [3.63, 3.8) is 0 Å². The van der Waals surface area contributed by atoms with Gasteiger partial charge in [-0.1, -0.05) is 0 Å². The van der Waals surface area contributed by atoms with Crippen molar-refractivity contribution in [2.24, 2.45) is 0 Å². The third-order valence-corrected chi connectivity index (χ3v) is 1.35. The zero-order valence-electron chi connectivity index (χ0n) is 7.73. The Bertz CT molecular complexity index is 229. The Labute approximate surface area is 75.9 Å². The van der Waals surface area contributed by atoms with Gasteiger partial charge in [-0.2, -0.15) is 0 Å². The van der Waals surface area contributed by atoms with Gasteiger partial charge in [0.15, 0.2) is 0 Å². The maximum absolute atomic E-state index is 10.9. The minimum Gasteiger partial charge on any atom is -0.466 e. The first-order valence-corrected chi connectivity index (χ1v) is 3.58. The number of rotatable bonds is 3. The van der Waals surface area contributed by atoms with Crippen molar-refractivity contribution < 1.29 is 24.2 Å². The van der Waals surface area contributed by atoms with Gasteiger partial charge in [0, 0.05) is 6.08 Å². The van der Waals surface area contributed by atoms with Crippen molar-refractivity contribution in [3.05, 3.63) is 11.6 Å². The molecule has 74 valence electrons. The van der Waals surface area contributed by atoms with Crippen molar-refractivity contribution >= 4 is 11.9 Å². The fraction of sp³-hybridized carbons (Fsp3) is 0.500. The number of hydrogen-bond acceptors (Lipinski definition) is 5. The Kier molecular flexibility index (Phi) is 4.76. The molecular formula is C8H12O5. The Balaban J connectivity index is 4.70. The summed E-state index contributed by atoms with van der Waals surface area (Å²) >= 11 is 0. The fourth-order valence-corrected chi connectivity index (χ4v) is 0.654. The van der Waals surface area contributed by atoms with Crippen molar-refractivity contribution in [2.45, 2.75) is 13.0 Å². The number of carbonyl (C=O) groups is 2. The summed E-state index contributed by atoms with van der Waals surface area (Å²) in [7, 11) is 2.34. The highest BCUT2D eigenvalue weighted by Gasteiger charge is 2.16. The fourth-order valence-electron chi connectivity index (χ4n) is 0.654. The summed E-state index contributed by atoms with van der Waals surface area (Å²) in [4.78, 5) is 21.7. The number of ether oxygens (including phenoxy) is 2. The number of aliphatic hydroxyl groups is 1. The van der Waals surface area contributed by atoms with Crippen LogP contribution >= 0.6 is 0 Å². The van der Waals surface area contributed by atoms with E-state index in [4.69, 9.17) is 5.11 Å². The molecule has 0 saturated heterocycles. The molecule has 0 aromatic rings. The molecule has 0 radical (unpaired) electrons. The largest absolute Gasteiger partial charge is 0.466 e. The van der Waals surface area contributed by atoms with E-state index >= 15 is 0 Å². The lowest BCUT2D eigenvalue weighted by Crippen LogP contribution is -2.18. The van der Waals surface area contributed by atoms with Gasteiger partial charge in [-0.25, -0.2) is 9.59 Å². The van der Waals surface area contributed by atoms with E-state index in [-0.39, 0.29) is 5.57 Å². The highest BCUT2D eigenvalue weighted by molar-refractivity contribution is 5.96. The van der Waals surface area contributed by atoms with Gasteiger partial charge in [-0.05, 0) is 6.92 Å². The van der Waals surface area contributed by atoms with Crippen LogP contribution in [0.15, 0.2) is 11.6 Å². The van der Waals surface area contributed by atoms with Crippen LogP contribution in [0.25, 0.3) is 0 Å². The smallest absolute Gasteiger partial charge is 0.336 e. The van der Waals surface area contributed by atoms with Gasteiger partial charge in [0.05, 0.1) is 25.9 Å². The third kappa shape index (κ3) is 3.71. The maximum atomic E-state index is 10.9. The van der Waals surface area contributed by atoms with Crippen LogP contribution in [0.5, 0.6) is 0 Å². The van der Waals surface area contributed by atoms with E-state index in [0.29, 0.717) is 0 Å². The molecule has 0 aromatic carbocycles. The molecule has 0 heterocycles. The SMILES string of the molecule is COC(=O)/C=C(\C(=O)OC)C(C)O. The third-order valence-electron chi connectivity index (χ3n) is 1.35. The summed E-state index contributed by atoms with van der Waals surface area (Å²) in [5.41, 5.74) is -0.130. The molecule has 0 spiro atoms. The molecule has 0 aliphatic heterocycles. The number of hydrogen-bond donors (Lipinski definition) is 1. The van der Waals surface area contributed by atoms with Crippen LogP contribution in [0.2, 0.25) is 0 Å². The van der Waals surface area contributed by atoms with Gasteiger partial charge in [0.2, 0.25) is 0 Å². The minimum absolute atomic E-state index is 0.130. The molecule has 5 nitrogen and oxygen atoms in total. The van der Waals surface area contributed by atoms with Crippen LogP contribution in [-0.4, -0.2) is 37.4 Å². The van der Waals surface area contributed by atoms with E-state index in [1.165, 1.54) is 14.0 Å². The van der Waals surface area contributed by atoms with Crippen LogP contribution in [0.4, 0.5) is 0 Å². The zero-order chi connectivity index (χ0) is 10.4. The molecule has 0 rings (SSSR count). The van der Waals surface area contributed by atoms with Crippen LogP contribution in [0, 0.1) is 0 Å². The van der Waals surface area contributed by atoms with Gasteiger partial charge < -0.3 is 14.6 Å². The molecule has 0 aromatic heterocycles. The molecule has 0 aliphatic carbocycles. The summed E-state index contributed by atoms with van der Waals surface area (Å²) in [6.07, 6.45) is -0.164. The van der Waals surface area contributed by atoms with Crippen LogP contribution in [-0.2, 0) is 19.1 Å². The van der Waals surface area contributed by atoms with E-state index in [2.05, 4.69) is 9.47 Å². The highest BCUT2D eigenvalue weighted by Crippen LogP contribution is 2.04. The molecule has 5 heteroatoms. The lowest BCUT2D eigenvalue weighted by molar-refractivity contribution is -0.139. The molecule has 0 saturated carbocycles. The Morgan fingerprint density at radius 1 is 1.31 bits per heavy atom. The minimum atomic E-state index is -1.06. The molecule has 0 bridgehead atoms. The zero-order valence-corrected chi connectivity index (χ0v) is 7.73. The second-order valence-corrected chi connectivity index (χ2v) is 2.29. The lowest BCUT2D eigenvalue weighted by Gasteiger charge is -2.06. The van der Waals surface area contributed by atoms with Gasteiger partial charge in [0.25, 0.3) is 0 Å². The van der Waals surface area contributed by atoms with Crippen molar-refractivity contribution in [1.82, 2.24) is 0 Å². The van der Waals surface area contributed by atoms with Gasteiger partial charge in [-0.15, -0.1) is 0 Å². The van der Waals surface area contributed by atoms with Crippen LogP contribution in [0.3, 0.4) is 0 Å². The highest BCUT2D eigenvalue weighted by atomic mass is 16.5. The number of esters is 2. The van der Waals surface area contributed by atoms with Crippen LogP contribution < -0.4 is 0 Å². The van der Waals surface area contributed by atoms with Crippen molar-refractivity contribution in [2.75, 3.05) is 14.2 Å². The van der Waals surface area contributed by atoms with Crippen molar-refractivity contribution in [3.8, 4) is 0 Å². The summed E-state index contributed by atoms with van der Waals surface area (Å²) in [6, 6.07) is 0. The summed E-state index contributed by atoms with van der Waals surface area (Å²) in [6.45, 7) is 1.35. The second-order valence-electron chi connectivity index (χ2n) is 2.29. The second kappa shape index (κ2) is 5.31. The normalized spacial score (nSPS) is 13.4. The van der Waals surface area contributed by atoms with Crippen molar-refractivity contribution in [1.29, 1.82) is 0 Å². The average Bonchev–Trinajstić information content (AvgIpc) is 2.11. The van der Waals surface area contributed by atoms with Gasteiger partial charge in [0.1, 0.15) is 0 Å². The molecule has 0 amide bonds. The van der Waals surface area contributed by atoms with E-state index in [1.807, 2.05) is 0 Å². The number of carbonyl (C=O) groups excluding carboxylic acids is 2. The summed E-state index contributed by atoms with van der Waals surface area (Å²) in [5.74, 6) is -1.46. The predicted molar refractivity (Wildman–Crippen MR) is 43.8 cm³/mol. The van der Waals surface area contributed by atoms with E-state index < -0.39 is 18.0 Å². The molecule has 1 N–H and O–H groups in total. The first-order valence-electron chi connectivity index (χ1n) is 3.58. The summed E-state index contributed by atoms with van der Waals surface area (Å²) in [5, 5.41) is 9.08. The quantitative estimate of drug-likeness (QED) is 0.483. The number of methoxy groups -OCH3 is 2. The van der Waals surface area contributed by atoms with Gasteiger partial charge >= 0.3 is 11.9 Å². The Hall–Kier alpha value is -1.36. The molecule has 0 aliphatic rings. The maximum Gasteiger partial charge on any atom is 0.336 e. The monoisotopic (exact) mass is 188 g/mol. The molecule has 1 unspecified atom stereocenters.